The molecule has 26 heavy (non-hydrogen) atoms. The molecular formula is C20H35IN4O. The molecule has 0 spiro atoms. The number of halogens is 1. The van der Waals surface area contributed by atoms with Crippen LogP contribution in [0.25, 0.3) is 0 Å². The summed E-state index contributed by atoms with van der Waals surface area (Å²) in [6.45, 7) is 12.2. The molecule has 1 fully saturated rings. The van der Waals surface area contributed by atoms with Crippen LogP contribution < -0.4 is 10.6 Å². The summed E-state index contributed by atoms with van der Waals surface area (Å²) in [6.07, 6.45) is 5.34. The Hall–Kier alpha value is -0.890. The van der Waals surface area contributed by atoms with E-state index < -0.39 is 0 Å². The Bertz CT molecular complexity index is 530. The second-order valence-electron chi connectivity index (χ2n) is 7.78. The Labute approximate surface area is 175 Å². The molecule has 0 saturated carbocycles. The molecule has 1 aromatic heterocycles. The van der Waals surface area contributed by atoms with Gasteiger partial charge in [-0.1, -0.05) is 26.8 Å². The highest BCUT2D eigenvalue weighted by Crippen LogP contribution is 2.34. The highest BCUT2D eigenvalue weighted by atomic mass is 127. The van der Waals surface area contributed by atoms with E-state index in [-0.39, 0.29) is 35.5 Å². The number of aliphatic imine (C=N–C) groups is 1. The molecule has 5 nitrogen and oxygen atoms in total. The maximum Gasteiger partial charge on any atom is 0.191 e. The number of rotatable bonds is 6. The molecule has 2 rings (SSSR count). The van der Waals surface area contributed by atoms with E-state index in [1.54, 1.807) is 0 Å². The summed E-state index contributed by atoms with van der Waals surface area (Å²) < 4.78 is 6.07. The fourth-order valence-corrected chi connectivity index (χ4v) is 3.39. The van der Waals surface area contributed by atoms with E-state index in [2.05, 4.69) is 49.4 Å². The van der Waals surface area contributed by atoms with Crippen LogP contribution in [0.3, 0.4) is 0 Å². The van der Waals surface area contributed by atoms with Crippen molar-refractivity contribution in [3.05, 3.63) is 30.1 Å². The van der Waals surface area contributed by atoms with Crippen LogP contribution >= 0.6 is 24.0 Å². The van der Waals surface area contributed by atoms with Gasteiger partial charge in [-0.2, -0.15) is 0 Å². The Morgan fingerprint density at radius 2 is 2.12 bits per heavy atom. The number of nitrogens with one attached hydrogen (secondary N) is 2. The zero-order valence-electron chi connectivity index (χ0n) is 16.6. The number of aromatic nitrogens is 1. The first-order chi connectivity index (χ1) is 12.0. The molecule has 2 N–H and O–H groups in total. The summed E-state index contributed by atoms with van der Waals surface area (Å²) in [5.74, 6) is 1.37. The van der Waals surface area contributed by atoms with Crippen LogP contribution in [0.15, 0.2) is 29.4 Å². The number of nitrogens with zero attached hydrogens (tertiary/aromatic N) is 2. The predicted molar refractivity (Wildman–Crippen MR) is 119 cm³/mol. The minimum Gasteiger partial charge on any atom is -0.377 e. The molecule has 2 heterocycles. The van der Waals surface area contributed by atoms with Crippen LogP contribution in [-0.2, 0) is 11.2 Å². The van der Waals surface area contributed by atoms with Crippen molar-refractivity contribution < 1.29 is 4.74 Å². The van der Waals surface area contributed by atoms with Crippen molar-refractivity contribution in [3.63, 3.8) is 0 Å². The van der Waals surface area contributed by atoms with Crippen LogP contribution in [0.5, 0.6) is 0 Å². The number of pyridine rings is 1. The van der Waals surface area contributed by atoms with Gasteiger partial charge in [0.05, 0.1) is 6.10 Å². The van der Waals surface area contributed by atoms with Crippen LogP contribution in [-0.4, -0.2) is 43.3 Å². The van der Waals surface area contributed by atoms with Gasteiger partial charge in [0.15, 0.2) is 5.96 Å². The van der Waals surface area contributed by atoms with Gasteiger partial charge in [-0.25, -0.2) is 0 Å². The van der Waals surface area contributed by atoms with Gasteiger partial charge in [0.2, 0.25) is 0 Å². The van der Waals surface area contributed by atoms with E-state index in [0.29, 0.717) is 5.92 Å². The van der Waals surface area contributed by atoms with Gasteiger partial charge in [-0.05, 0) is 37.3 Å². The van der Waals surface area contributed by atoms with E-state index in [0.717, 1.165) is 50.7 Å². The number of hydrogen-bond donors (Lipinski definition) is 2. The summed E-state index contributed by atoms with van der Waals surface area (Å²) >= 11 is 0. The lowest BCUT2D eigenvalue weighted by Crippen LogP contribution is -2.43. The SMILES string of the molecule is CCNC(=NCC1CCCOC1C(C)(C)C)NCCc1ccccn1.I. The number of ether oxygens (including phenoxy) is 1. The average molecular weight is 474 g/mol. The van der Waals surface area contributed by atoms with Gasteiger partial charge in [0.1, 0.15) is 0 Å². The van der Waals surface area contributed by atoms with E-state index in [4.69, 9.17) is 9.73 Å². The topological polar surface area (TPSA) is 58.5 Å². The fraction of sp³-hybridized carbons (Fsp3) is 0.700. The molecule has 0 bridgehead atoms. The smallest absolute Gasteiger partial charge is 0.191 e. The highest BCUT2D eigenvalue weighted by Gasteiger charge is 2.35. The molecule has 148 valence electrons. The minimum atomic E-state index is 0. The molecule has 1 aliphatic heterocycles. The molecule has 2 unspecified atom stereocenters. The Morgan fingerprint density at radius 3 is 2.77 bits per heavy atom. The Kier molecular flexibility index (Phi) is 10.5. The summed E-state index contributed by atoms with van der Waals surface area (Å²) in [6, 6.07) is 6.02. The zero-order chi connectivity index (χ0) is 18.1. The van der Waals surface area contributed by atoms with Crippen molar-refractivity contribution in [2.45, 2.75) is 53.1 Å². The molecule has 1 aliphatic rings. The first kappa shape index (κ1) is 23.1. The summed E-state index contributed by atoms with van der Waals surface area (Å²) in [5.41, 5.74) is 1.25. The Balaban J connectivity index is 0.00000338. The van der Waals surface area contributed by atoms with E-state index in [9.17, 15) is 0 Å². The molecule has 0 amide bonds. The zero-order valence-corrected chi connectivity index (χ0v) is 19.0. The standard InChI is InChI=1S/C20H34N4O.HI/c1-5-21-19(23-13-11-17-10-6-7-12-22-17)24-15-16-9-8-14-25-18(16)20(2,3)4;/h6-7,10,12,16,18H,5,8-9,11,13-15H2,1-4H3,(H2,21,23,24);1H. The van der Waals surface area contributed by atoms with Gasteiger partial charge < -0.3 is 15.4 Å². The van der Waals surface area contributed by atoms with Crippen molar-refractivity contribution in [1.82, 2.24) is 15.6 Å². The first-order valence-corrected chi connectivity index (χ1v) is 9.54. The second-order valence-corrected chi connectivity index (χ2v) is 7.78. The van der Waals surface area contributed by atoms with Gasteiger partial charge in [-0.3, -0.25) is 9.98 Å². The van der Waals surface area contributed by atoms with E-state index >= 15 is 0 Å². The van der Waals surface area contributed by atoms with Crippen molar-refractivity contribution >= 4 is 29.9 Å². The molecule has 0 aromatic carbocycles. The first-order valence-electron chi connectivity index (χ1n) is 9.54. The lowest BCUT2D eigenvalue weighted by molar-refractivity contribution is -0.0823. The second kappa shape index (κ2) is 11.7. The van der Waals surface area contributed by atoms with Crippen LogP contribution in [0, 0.1) is 11.3 Å². The van der Waals surface area contributed by atoms with Gasteiger partial charge >= 0.3 is 0 Å². The average Bonchev–Trinajstić information content (AvgIpc) is 2.60. The van der Waals surface area contributed by atoms with Gasteiger partial charge in [0.25, 0.3) is 0 Å². The molecular weight excluding hydrogens is 439 g/mol. The lowest BCUT2D eigenvalue weighted by atomic mass is 9.78. The van der Waals surface area contributed by atoms with E-state index in [1.165, 1.54) is 6.42 Å². The third kappa shape index (κ3) is 7.78. The van der Waals surface area contributed by atoms with Crippen molar-refractivity contribution in [1.29, 1.82) is 0 Å². The van der Waals surface area contributed by atoms with Crippen LogP contribution in [0.1, 0.15) is 46.2 Å². The largest absolute Gasteiger partial charge is 0.377 e. The number of guanidine groups is 1. The third-order valence-corrected chi connectivity index (χ3v) is 4.53. The molecule has 1 aromatic rings. The van der Waals surface area contributed by atoms with Gasteiger partial charge in [0, 0.05) is 50.5 Å². The molecule has 0 aliphatic carbocycles. The molecule has 2 atom stereocenters. The monoisotopic (exact) mass is 474 g/mol. The van der Waals surface area contributed by atoms with Crippen LogP contribution in [0.2, 0.25) is 0 Å². The normalized spacial score (nSPS) is 21.0. The minimum absolute atomic E-state index is 0. The van der Waals surface area contributed by atoms with Gasteiger partial charge in [-0.15, -0.1) is 24.0 Å². The van der Waals surface area contributed by atoms with Crippen molar-refractivity contribution in [3.8, 4) is 0 Å². The lowest BCUT2D eigenvalue weighted by Gasteiger charge is -2.39. The molecule has 0 radical (unpaired) electrons. The summed E-state index contributed by atoms with van der Waals surface area (Å²) in [4.78, 5) is 9.19. The maximum atomic E-state index is 6.07. The van der Waals surface area contributed by atoms with Crippen LogP contribution in [0.4, 0.5) is 0 Å². The molecule has 6 heteroatoms. The quantitative estimate of drug-likeness (QED) is 0.376. The summed E-state index contributed by atoms with van der Waals surface area (Å²) in [7, 11) is 0. The Morgan fingerprint density at radius 1 is 1.31 bits per heavy atom. The maximum absolute atomic E-state index is 6.07. The molecule has 1 saturated heterocycles. The fourth-order valence-electron chi connectivity index (χ4n) is 3.39. The number of hydrogen-bond acceptors (Lipinski definition) is 3. The predicted octanol–water partition coefficient (Wildman–Crippen LogP) is 3.64. The van der Waals surface area contributed by atoms with E-state index in [1.807, 2.05) is 18.3 Å². The highest BCUT2D eigenvalue weighted by molar-refractivity contribution is 14.0. The third-order valence-electron chi connectivity index (χ3n) is 4.53. The summed E-state index contributed by atoms with van der Waals surface area (Å²) in [5, 5.41) is 6.76. The van der Waals surface area contributed by atoms with Crippen molar-refractivity contribution in [2.75, 3.05) is 26.2 Å². The van der Waals surface area contributed by atoms with Crippen molar-refractivity contribution in [2.24, 2.45) is 16.3 Å².